The number of ether oxygens (including phenoxy) is 8. The molecule has 10 atom stereocenters. The highest BCUT2D eigenvalue weighted by Gasteiger charge is 2.54. The first kappa shape index (κ1) is 44.0. The molecule has 1 amide bonds. The first-order chi connectivity index (χ1) is 26.8. The molecule has 2 aliphatic rings. The second-order valence-corrected chi connectivity index (χ2v) is 16.7. The van der Waals surface area contributed by atoms with Crippen molar-refractivity contribution in [3.63, 3.8) is 0 Å². The van der Waals surface area contributed by atoms with Gasteiger partial charge in [-0.3, -0.25) is 9.59 Å². The van der Waals surface area contributed by atoms with Gasteiger partial charge in [0, 0.05) is 18.7 Å². The monoisotopic (exact) mass is 855 g/mol. The number of carbonyl (C=O) groups is 3. The van der Waals surface area contributed by atoms with Gasteiger partial charge < -0.3 is 48.3 Å². The Balaban J connectivity index is 1.51. The number of thioether (sulfide) groups is 1. The second-order valence-electron chi connectivity index (χ2n) is 13.0. The van der Waals surface area contributed by atoms with E-state index in [1.807, 2.05) is 91.0 Å². The summed E-state index contributed by atoms with van der Waals surface area (Å²) in [6, 6.07) is 26.7. The van der Waals surface area contributed by atoms with Gasteiger partial charge in [0.05, 0.1) is 32.0 Å². The number of aliphatic hydroxyl groups excluding tert-OH is 1. The van der Waals surface area contributed by atoms with Crippen molar-refractivity contribution in [2.45, 2.75) is 103 Å². The number of benzene rings is 3. The summed E-state index contributed by atoms with van der Waals surface area (Å²) in [5.74, 6) is -1.31. The maximum Gasteiger partial charge on any atom is 0.407 e. The van der Waals surface area contributed by atoms with Gasteiger partial charge in [-0.2, -0.15) is 0 Å². The summed E-state index contributed by atoms with van der Waals surface area (Å²) in [6.07, 6.45) is -10.6. The highest BCUT2D eigenvalue weighted by atomic mass is 35.6. The van der Waals surface area contributed by atoms with E-state index in [2.05, 4.69) is 5.32 Å². The van der Waals surface area contributed by atoms with Crippen LogP contribution in [0.1, 0.15) is 31.9 Å². The molecule has 0 aliphatic carbocycles. The van der Waals surface area contributed by atoms with E-state index in [0.717, 1.165) is 16.0 Å². The smallest absolute Gasteiger partial charge is 0.407 e. The largest absolute Gasteiger partial charge is 0.456 e. The molecule has 304 valence electrons. The van der Waals surface area contributed by atoms with E-state index < -0.39 is 88.9 Å². The molecule has 0 aromatic heterocycles. The Morgan fingerprint density at radius 1 is 0.786 bits per heavy atom. The Bertz CT molecular complexity index is 1690. The van der Waals surface area contributed by atoms with E-state index >= 15 is 0 Å². The number of aliphatic hydroxyl groups is 1. The van der Waals surface area contributed by atoms with Crippen molar-refractivity contribution < 1.29 is 57.4 Å². The summed E-state index contributed by atoms with van der Waals surface area (Å²) in [5, 5.41) is 14.8. The third kappa shape index (κ3) is 13.2. The van der Waals surface area contributed by atoms with Crippen LogP contribution in [0.3, 0.4) is 0 Å². The molecule has 0 radical (unpaired) electrons. The number of hydrogen-bond acceptors (Lipinski definition) is 13. The van der Waals surface area contributed by atoms with Crippen LogP contribution in [-0.2, 0) is 60.7 Å². The zero-order valence-corrected chi connectivity index (χ0v) is 33.8. The molecule has 2 fully saturated rings. The highest BCUT2D eigenvalue weighted by molar-refractivity contribution is 7.99. The number of rotatable bonds is 15. The molecule has 3 aromatic rings. The minimum absolute atomic E-state index is 0.0114. The summed E-state index contributed by atoms with van der Waals surface area (Å²) in [5.41, 5.74) is 0.742. The van der Waals surface area contributed by atoms with Crippen molar-refractivity contribution in [3.8, 4) is 0 Å². The Morgan fingerprint density at radius 2 is 1.36 bits per heavy atom. The molecule has 0 unspecified atom stereocenters. The van der Waals surface area contributed by atoms with E-state index in [4.69, 9.17) is 72.7 Å². The summed E-state index contributed by atoms with van der Waals surface area (Å²) >= 11 is 18.8. The van der Waals surface area contributed by atoms with Crippen LogP contribution in [0.15, 0.2) is 95.9 Å². The molecule has 0 spiro atoms. The van der Waals surface area contributed by atoms with Crippen LogP contribution in [0, 0.1) is 0 Å². The fraction of sp³-hybridized carbons (Fsp3) is 0.462. The zero-order valence-electron chi connectivity index (χ0n) is 30.7. The van der Waals surface area contributed by atoms with Gasteiger partial charge in [0.2, 0.25) is 3.79 Å². The Hall–Kier alpha value is -3.15. The SMILES string of the molecule is CC(=O)O[C@H]1[C@H](OCc2ccccc2)[C@H](O[C@H]2[C@H](O)[C@@H](COCc3ccccc3)O[C@@H](Sc3ccccc3)[C@@H]2NC(=O)OCC(Cl)(Cl)Cl)O[C@@H](C)[C@H]1OC(C)=O. The zero-order chi connectivity index (χ0) is 40.2. The van der Waals surface area contributed by atoms with E-state index in [9.17, 15) is 19.5 Å². The van der Waals surface area contributed by atoms with E-state index in [1.54, 1.807) is 6.92 Å². The number of nitrogens with one attached hydrogen (secondary N) is 1. The molecule has 13 nitrogen and oxygen atoms in total. The van der Waals surface area contributed by atoms with Crippen molar-refractivity contribution in [1.29, 1.82) is 0 Å². The molecule has 2 saturated heterocycles. The van der Waals surface area contributed by atoms with Crippen LogP contribution < -0.4 is 5.32 Å². The number of alkyl halides is 3. The van der Waals surface area contributed by atoms with Crippen molar-refractivity contribution in [2.75, 3.05) is 13.2 Å². The third-order valence-corrected chi connectivity index (χ3v) is 10.1. The van der Waals surface area contributed by atoms with Gasteiger partial charge in [0.25, 0.3) is 0 Å². The van der Waals surface area contributed by atoms with E-state index in [0.29, 0.717) is 0 Å². The normalized spacial score (nSPS) is 27.8. The molecule has 2 heterocycles. The fourth-order valence-corrected chi connectivity index (χ4v) is 7.47. The fourth-order valence-electron chi connectivity index (χ4n) is 6.16. The van der Waals surface area contributed by atoms with Crippen molar-refractivity contribution in [3.05, 3.63) is 102 Å². The van der Waals surface area contributed by atoms with Crippen molar-refractivity contribution >= 4 is 64.6 Å². The number of amides is 1. The summed E-state index contributed by atoms with van der Waals surface area (Å²) in [6.45, 7) is 3.63. The van der Waals surface area contributed by atoms with Crippen molar-refractivity contribution in [2.24, 2.45) is 0 Å². The lowest BCUT2D eigenvalue weighted by Crippen LogP contribution is -2.67. The minimum Gasteiger partial charge on any atom is -0.456 e. The maximum absolute atomic E-state index is 13.3. The Morgan fingerprint density at radius 3 is 1.95 bits per heavy atom. The number of esters is 2. The quantitative estimate of drug-likeness (QED) is 0.102. The molecular formula is C39H44Cl3NO12S. The van der Waals surface area contributed by atoms with Gasteiger partial charge in [-0.1, -0.05) is 125 Å². The van der Waals surface area contributed by atoms with Crippen LogP contribution in [0.2, 0.25) is 0 Å². The summed E-state index contributed by atoms with van der Waals surface area (Å²) < 4.78 is 46.5. The Labute approximate surface area is 344 Å². The van der Waals surface area contributed by atoms with Gasteiger partial charge in [0.15, 0.2) is 18.5 Å². The standard InChI is InChI=1S/C39H44Cl3NO12S/c1-23-32(52-24(2)44)34(53-25(3)45)35(49-20-27-15-9-5-10-16-27)36(51-23)55-33-30(43-38(47)50-22-39(40,41)42)37(56-28-17-11-6-12-18-28)54-29(31(33)46)21-48-19-26-13-7-4-8-14-26/h4-18,23,29-37,46H,19-22H2,1-3H3,(H,43,47)/t23-,29+,30+,31+,32+,33+,34+,35-,36-,37-/m0/s1. The topological polar surface area (TPSA) is 157 Å². The summed E-state index contributed by atoms with van der Waals surface area (Å²) in [4.78, 5) is 38.8. The van der Waals surface area contributed by atoms with Crippen LogP contribution in [0.5, 0.6) is 0 Å². The second kappa shape index (κ2) is 21.0. The third-order valence-electron chi connectivity index (χ3n) is 8.62. The number of hydrogen-bond donors (Lipinski definition) is 2. The van der Waals surface area contributed by atoms with Crippen LogP contribution in [-0.4, -0.2) is 101 Å². The van der Waals surface area contributed by atoms with Crippen LogP contribution in [0.25, 0.3) is 0 Å². The van der Waals surface area contributed by atoms with Crippen LogP contribution >= 0.6 is 46.6 Å². The van der Waals surface area contributed by atoms with Gasteiger partial charge in [-0.15, -0.1) is 0 Å². The predicted molar refractivity (Wildman–Crippen MR) is 207 cm³/mol. The molecule has 0 bridgehead atoms. The lowest BCUT2D eigenvalue weighted by Gasteiger charge is -2.49. The molecule has 0 saturated carbocycles. The van der Waals surface area contributed by atoms with Crippen molar-refractivity contribution in [1.82, 2.24) is 5.32 Å². The molecule has 3 aromatic carbocycles. The van der Waals surface area contributed by atoms with Crippen LogP contribution in [0.4, 0.5) is 4.79 Å². The first-order valence-electron chi connectivity index (χ1n) is 17.7. The van der Waals surface area contributed by atoms with Gasteiger partial charge in [0.1, 0.15) is 36.5 Å². The molecule has 17 heteroatoms. The van der Waals surface area contributed by atoms with Gasteiger partial charge in [-0.25, -0.2) is 4.79 Å². The average molecular weight is 857 g/mol. The van der Waals surface area contributed by atoms with Gasteiger partial charge in [-0.05, 0) is 30.2 Å². The summed E-state index contributed by atoms with van der Waals surface area (Å²) in [7, 11) is 0. The minimum atomic E-state index is -1.91. The number of halogens is 3. The molecular weight excluding hydrogens is 813 g/mol. The molecule has 56 heavy (non-hydrogen) atoms. The number of carbonyl (C=O) groups excluding carboxylic acids is 3. The predicted octanol–water partition coefficient (Wildman–Crippen LogP) is 6.13. The van der Waals surface area contributed by atoms with Gasteiger partial charge >= 0.3 is 18.0 Å². The number of alkyl carbamates (subject to hydrolysis) is 1. The molecule has 2 N–H and O–H groups in total. The average Bonchev–Trinajstić information content (AvgIpc) is 3.15. The lowest BCUT2D eigenvalue weighted by atomic mass is 9.96. The molecule has 2 aliphatic heterocycles. The molecule has 5 rings (SSSR count). The highest BCUT2D eigenvalue weighted by Crippen LogP contribution is 2.38. The first-order valence-corrected chi connectivity index (χ1v) is 19.8. The lowest BCUT2D eigenvalue weighted by molar-refractivity contribution is -0.334. The van der Waals surface area contributed by atoms with E-state index in [1.165, 1.54) is 25.6 Å². The maximum atomic E-state index is 13.3. The van der Waals surface area contributed by atoms with E-state index in [-0.39, 0.29) is 19.8 Å². The Kier molecular flexibility index (Phi) is 16.5.